The van der Waals surface area contributed by atoms with E-state index < -0.39 is 0 Å². The minimum absolute atomic E-state index is 0.121. The van der Waals surface area contributed by atoms with Gasteiger partial charge in [-0.05, 0) is 36.3 Å². The van der Waals surface area contributed by atoms with Crippen LogP contribution in [0.2, 0.25) is 0 Å². The van der Waals surface area contributed by atoms with Crippen LogP contribution in [0.15, 0.2) is 55.0 Å². The molecule has 0 radical (unpaired) electrons. The maximum Gasteiger partial charge on any atom is 0.270 e. The number of carbonyl (C=O) groups excluding carboxylic acids is 2. The van der Waals surface area contributed by atoms with Crippen LogP contribution in [0.3, 0.4) is 0 Å². The lowest BCUT2D eigenvalue weighted by Crippen LogP contribution is -2.47. The van der Waals surface area contributed by atoms with Gasteiger partial charge in [-0.1, -0.05) is 24.3 Å². The molecular formula is C20H19N5O2. The quantitative estimate of drug-likeness (QED) is 0.724. The van der Waals surface area contributed by atoms with Crippen LogP contribution in [0.5, 0.6) is 0 Å². The summed E-state index contributed by atoms with van der Waals surface area (Å²) >= 11 is 0. The van der Waals surface area contributed by atoms with Crippen molar-refractivity contribution in [2.24, 2.45) is 5.92 Å². The number of hydrogen-bond acceptors (Lipinski definition) is 5. The third kappa shape index (κ3) is 3.92. The van der Waals surface area contributed by atoms with Gasteiger partial charge in [0.05, 0.1) is 18.0 Å². The van der Waals surface area contributed by atoms with Crippen LogP contribution in [0.25, 0.3) is 10.8 Å². The molecule has 0 unspecified atom stereocenters. The Bertz CT molecular complexity index is 970. The zero-order chi connectivity index (χ0) is 18.6. The lowest BCUT2D eigenvalue weighted by atomic mass is 9.80. The summed E-state index contributed by atoms with van der Waals surface area (Å²) < 4.78 is 0. The molecule has 1 aliphatic rings. The summed E-state index contributed by atoms with van der Waals surface area (Å²) in [6.07, 6.45) is 6.33. The Morgan fingerprint density at radius 1 is 1.00 bits per heavy atom. The van der Waals surface area contributed by atoms with Crippen molar-refractivity contribution in [1.29, 1.82) is 0 Å². The van der Waals surface area contributed by atoms with Crippen molar-refractivity contribution in [3.8, 4) is 0 Å². The molecule has 0 bridgehead atoms. The van der Waals surface area contributed by atoms with Gasteiger partial charge in [-0.3, -0.25) is 14.6 Å². The van der Waals surface area contributed by atoms with Gasteiger partial charge in [0.1, 0.15) is 5.69 Å². The molecule has 136 valence electrons. The van der Waals surface area contributed by atoms with Crippen molar-refractivity contribution in [3.63, 3.8) is 0 Å². The first kappa shape index (κ1) is 17.1. The molecule has 1 saturated carbocycles. The zero-order valence-electron chi connectivity index (χ0n) is 14.6. The monoisotopic (exact) mass is 361 g/mol. The number of hydrogen-bond donors (Lipinski definition) is 2. The number of benzene rings is 1. The highest BCUT2D eigenvalue weighted by Crippen LogP contribution is 2.27. The number of aromatic nitrogens is 3. The Kier molecular flexibility index (Phi) is 4.74. The van der Waals surface area contributed by atoms with E-state index in [1.165, 1.54) is 12.4 Å². The minimum Gasteiger partial charge on any atom is -0.352 e. The summed E-state index contributed by atoms with van der Waals surface area (Å²) in [5.74, 6) is 0.0486. The molecule has 2 N–H and O–H groups in total. The summed E-state index contributed by atoms with van der Waals surface area (Å²) in [4.78, 5) is 28.6. The zero-order valence-corrected chi connectivity index (χ0v) is 14.6. The maximum absolute atomic E-state index is 12.4. The first-order valence-corrected chi connectivity index (χ1v) is 8.89. The fourth-order valence-corrected chi connectivity index (χ4v) is 3.25. The molecule has 1 aliphatic carbocycles. The van der Waals surface area contributed by atoms with Gasteiger partial charge in [-0.15, -0.1) is 0 Å². The van der Waals surface area contributed by atoms with Crippen LogP contribution in [0.1, 0.15) is 33.7 Å². The molecule has 1 aromatic carbocycles. The molecule has 3 aromatic rings. The highest BCUT2D eigenvalue weighted by atomic mass is 16.2. The number of nitrogens with zero attached hydrogens (tertiary/aromatic N) is 3. The second-order valence-corrected chi connectivity index (χ2v) is 6.77. The van der Waals surface area contributed by atoms with Gasteiger partial charge in [0.2, 0.25) is 0 Å². The second kappa shape index (κ2) is 7.49. The first-order chi connectivity index (χ1) is 13.2. The van der Waals surface area contributed by atoms with Gasteiger partial charge < -0.3 is 10.6 Å². The van der Waals surface area contributed by atoms with E-state index in [2.05, 4.69) is 25.8 Å². The molecular weight excluding hydrogens is 342 g/mol. The van der Waals surface area contributed by atoms with E-state index in [9.17, 15) is 9.59 Å². The third-order valence-corrected chi connectivity index (χ3v) is 4.83. The molecule has 1 fully saturated rings. The van der Waals surface area contributed by atoms with E-state index in [0.717, 1.165) is 23.6 Å². The Balaban J connectivity index is 1.25. The van der Waals surface area contributed by atoms with E-state index in [1.54, 1.807) is 12.3 Å². The van der Waals surface area contributed by atoms with Gasteiger partial charge in [0.25, 0.3) is 11.8 Å². The van der Waals surface area contributed by atoms with E-state index in [-0.39, 0.29) is 17.9 Å². The molecule has 7 heteroatoms. The molecule has 2 amide bonds. The van der Waals surface area contributed by atoms with E-state index >= 15 is 0 Å². The molecule has 0 spiro atoms. The standard InChI is InChI=1S/C20H19N5O2/c26-19(16-5-6-23-24-12-16)22-10-13-7-17(8-13)25-20(27)18-9-14-3-1-2-4-15(14)11-21-18/h1-6,9,11-13,17H,7-8,10H2,(H,22,26)(H,25,27). The number of rotatable bonds is 5. The maximum atomic E-state index is 12.4. The van der Waals surface area contributed by atoms with Crippen molar-refractivity contribution < 1.29 is 9.59 Å². The summed E-state index contributed by atoms with van der Waals surface area (Å²) in [7, 11) is 0. The minimum atomic E-state index is -0.156. The van der Waals surface area contributed by atoms with Crippen LogP contribution in [0.4, 0.5) is 0 Å². The molecule has 4 rings (SSSR count). The topological polar surface area (TPSA) is 96.9 Å². The number of fused-ring (bicyclic) bond motifs is 1. The number of amides is 2. The molecule has 0 saturated heterocycles. The van der Waals surface area contributed by atoms with Crippen LogP contribution in [0, 0.1) is 5.92 Å². The Hall–Kier alpha value is -3.35. The smallest absolute Gasteiger partial charge is 0.270 e. The molecule has 0 atom stereocenters. The largest absolute Gasteiger partial charge is 0.352 e. The summed E-state index contributed by atoms with van der Waals surface area (Å²) in [5, 5.41) is 15.3. The molecule has 2 aromatic heterocycles. The normalized spacial score (nSPS) is 18.5. The van der Waals surface area contributed by atoms with Crippen LogP contribution >= 0.6 is 0 Å². The van der Waals surface area contributed by atoms with Crippen molar-refractivity contribution in [1.82, 2.24) is 25.8 Å². The summed E-state index contributed by atoms with van der Waals surface area (Å²) in [5.41, 5.74) is 0.923. The number of carbonyl (C=O) groups is 2. The van der Waals surface area contributed by atoms with Gasteiger partial charge in [-0.25, -0.2) is 0 Å². The average Bonchev–Trinajstić information content (AvgIpc) is 2.69. The Morgan fingerprint density at radius 2 is 1.81 bits per heavy atom. The van der Waals surface area contributed by atoms with Crippen molar-refractivity contribution in [2.45, 2.75) is 18.9 Å². The van der Waals surface area contributed by atoms with Gasteiger partial charge in [-0.2, -0.15) is 10.2 Å². The predicted molar refractivity (Wildman–Crippen MR) is 100 cm³/mol. The highest BCUT2D eigenvalue weighted by Gasteiger charge is 2.31. The summed E-state index contributed by atoms with van der Waals surface area (Å²) in [6.45, 7) is 0.585. The van der Waals surface area contributed by atoms with Crippen molar-refractivity contribution in [2.75, 3.05) is 6.54 Å². The predicted octanol–water partition coefficient (Wildman–Crippen LogP) is 1.96. The third-order valence-electron chi connectivity index (χ3n) is 4.83. The van der Waals surface area contributed by atoms with Crippen LogP contribution < -0.4 is 10.6 Å². The lowest BCUT2D eigenvalue weighted by molar-refractivity contribution is 0.0859. The average molecular weight is 361 g/mol. The molecule has 7 nitrogen and oxygen atoms in total. The SMILES string of the molecule is O=C(NCC1CC(NC(=O)c2cc3ccccc3cn2)C1)c1ccnnc1. The van der Waals surface area contributed by atoms with Crippen molar-refractivity contribution >= 4 is 22.6 Å². The van der Waals surface area contributed by atoms with Crippen LogP contribution in [-0.2, 0) is 0 Å². The van der Waals surface area contributed by atoms with Gasteiger partial charge >= 0.3 is 0 Å². The molecule has 2 heterocycles. The number of pyridine rings is 1. The fourth-order valence-electron chi connectivity index (χ4n) is 3.25. The lowest BCUT2D eigenvalue weighted by Gasteiger charge is -2.35. The fraction of sp³-hybridized carbons (Fsp3) is 0.250. The summed E-state index contributed by atoms with van der Waals surface area (Å²) in [6, 6.07) is 11.4. The Labute approximate surface area is 156 Å². The number of nitrogens with one attached hydrogen (secondary N) is 2. The van der Waals surface area contributed by atoms with E-state index in [4.69, 9.17) is 0 Å². The van der Waals surface area contributed by atoms with Gasteiger partial charge in [0.15, 0.2) is 0 Å². The van der Waals surface area contributed by atoms with E-state index in [0.29, 0.717) is 23.7 Å². The Morgan fingerprint density at radius 3 is 2.59 bits per heavy atom. The van der Waals surface area contributed by atoms with Gasteiger partial charge in [0, 0.05) is 24.2 Å². The second-order valence-electron chi connectivity index (χ2n) is 6.77. The van der Waals surface area contributed by atoms with E-state index in [1.807, 2.05) is 30.3 Å². The van der Waals surface area contributed by atoms with Crippen molar-refractivity contribution in [3.05, 3.63) is 66.2 Å². The molecule has 0 aliphatic heterocycles. The molecule has 27 heavy (non-hydrogen) atoms. The first-order valence-electron chi connectivity index (χ1n) is 8.89. The highest BCUT2D eigenvalue weighted by molar-refractivity contribution is 5.96. The van der Waals surface area contributed by atoms with Crippen LogP contribution in [-0.4, -0.2) is 39.6 Å².